The molecule has 3 aromatic heterocycles. The monoisotopic (exact) mass is 443 g/mol. The minimum Gasteiger partial charge on any atom is -0.353 e. The molecule has 0 N–H and O–H groups in total. The van der Waals surface area contributed by atoms with E-state index in [4.69, 9.17) is 0 Å². The van der Waals surface area contributed by atoms with Crippen LogP contribution in [0.15, 0.2) is 42.9 Å². The third-order valence-electron chi connectivity index (χ3n) is 6.57. The maximum absolute atomic E-state index is 13.2. The van der Waals surface area contributed by atoms with E-state index in [1.165, 1.54) is 5.56 Å². The number of aryl methyl sites for hydroxylation is 3. The fraction of sp³-hybridized carbons (Fsp3) is 0.360. The summed E-state index contributed by atoms with van der Waals surface area (Å²) in [7, 11) is 1.89. The van der Waals surface area contributed by atoms with Crippen molar-refractivity contribution in [1.29, 1.82) is 0 Å². The number of aromatic nitrogens is 5. The summed E-state index contributed by atoms with van der Waals surface area (Å²) in [6, 6.07) is 10.4. The van der Waals surface area contributed by atoms with Gasteiger partial charge in [0.25, 0.3) is 0 Å². The second-order valence-electron chi connectivity index (χ2n) is 8.84. The summed E-state index contributed by atoms with van der Waals surface area (Å²) in [4.78, 5) is 26.6. The molecule has 1 aliphatic heterocycles. The van der Waals surface area contributed by atoms with Crippen molar-refractivity contribution in [2.24, 2.45) is 7.05 Å². The van der Waals surface area contributed by atoms with Gasteiger partial charge >= 0.3 is 0 Å². The molecule has 0 saturated carbocycles. The summed E-state index contributed by atoms with van der Waals surface area (Å²) in [5, 5.41) is 5.28. The number of benzene rings is 1. The van der Waals surface area contributed by atoms with Crippen LogP contribution in [0.25, 0.3) is 16.7 Å². The summed E-state index contributed by atoms with van der Waals surface area (Å²) in [6.45, 7) is 9.86. The molecule has 1 aromatic carbocycles. The predicted octanol–water partition coefficient (Wildman–Crippen LogP) is 3.08. The van der Waals surface area contributed by atoms with Crippen LogP contribution in [0.5, 0.6) is 0 Å². The van der Waals surface area contributed by atoms with Crippen molar-refractivity contribution in [2.75, 3.05) is 37.6 Å². The van der Waals surface area contributed by atoms with E-state index < -0.39 is 0 Å². The summed E-state index contributed by atoms with van der Waals surface area (Å²) in [6.07, 6.45) is 3.42. The van der Waals surface area contributed by atoms with E-state index in [9.17, 15) is 4.79 Å². The number of Topliss-reactive ketones (excluding diaryl/α,β-unsaturated/α-hetero) is 1. The molecule has 8 heteroatoms. The molecule has 1 aliphatic rings. The number of piperazine rings is 1. The quantitative estimate of drug-likeness (QED) is 0.442. The fourth-order valence-electron chi connectivity index (χ4n) is 4.74. The van der Waals surface area contributed by atoms with Gasteiger partial charge in [-0.2, -0.15) is 5.10 Å². The van der Waals surface area contributed by atoms with E-state index in [1.54, 1.807) is 11.0 Å². The largest absolute Gasteiger partial charge is 0.353 e. The average Bonchev–Trinajstić information content (AvgIpc) is 3.34. The Labute approximate surface area is 193 Å². The molecule has 5 rings (SSSR count). The van der Waals surface area contributed by atoms with Gasteiger partial charge in [-0.25, -0.2) is 9.97 Å². The Morgan fingerprint density at radius 3 is 2.45 bits per heavy atom. The Kier molecular flexibility index (Phi) is 5.46. The molecule has 0 bridgehead atoms. The molecule has 170 valence electrons. The topological polar surface area (TPSA) is 72.1 Å². The maximum Gasteiger partial charge on any atom is 0.178 e. The van der Waals surface area contributed by atoms with Gasteiger partial charge in [0.1, 0.15) is 12.1 Å². The van der Waals surface area contributed by atoms with Crippen molar-refractivity contribution >= 4 is 22.6 Å². The molecular formula is C25H29N7O. The molecule has 4 aromatic rings. The second kappa shape index (κ2) is 8.44. The Balaban J connectivity index is 1.27. The summed E-state index contributed by atoms with van der Waals surface area (Å²) < 4.78 is 3.93. The number of hydrogen-bond donors (Lipinski definition) is 0. The zero-order chi connectivity index (χ0) is 23.1. The standard InChI is InChI=1S/C25H29N7O/c1-17-5-7-20(8-6-17)32-18(2)13-21(19(32)3)23(33)15-30-9-11-31(12-10-30)25-22-14-28-29(4)24(22)26-16-27-25/h5-8,13-14,16H,9-12,15H2,1-4H3. The smallest absolute Gasteiger partial charge is 0.178 e. The zero-order valence-corrected chi connectivity index (χ0v) is 19.6. The van der Waals surface area contributed by atoms with Crippen LogP contribution in [0.2, 0.25) is 0 Å². The summed E-state index contributed by atoms with van der Waals surface area (Å²) in [5.74, 6) is 1.09. The molecule has 0 aliphatic carbocycles. The normalized spacial score (nSPS) is 14.8. The Morgan fingerprint density at radius 2 is 1.73 bits per heavy atom. The highest BCUT2D eigenvalue weighted by Crippen LogP contribution is 2.24. The number of carbonyl (C=O) groups excluding carboxylic acids is 1. The Bertz CT molecular complexity index is 1310. The van der Waals surface area contributed by atoms with Crippen molar-refractivity contribution < 1.29 is 4.79 Å². The van der Waals surface area contributed by atoms with Gasteiger partial charge in [-0.1, -0.05) is 17.7 Å². The fourth-order valence-corrected chi connectivity index (χ4v) is 4.74. The van der Waals surface area contributed by atoms with Crippen LogP contribution in [-0.4, -0.2) is 67.7 Å². The van der Waals surface area contributed by atoms with Gasteiger partial charge in [-0.3, -0.25) is 14.4 Å². The van der Waals surface area contributed by atoms with Crippen molar-refractivity contribution in [2.45, 2.75) is 20.8 Å². The molecule has 0 amide bonds. The van der Waals surface area contributed by atoms with Gasteiger partial charge in [0.2, 0.25) is 0 Å². The van der Waals surface area contributed by atoms with E-state index in [0.29, 0.717) is 6.54 Å². The molecule has 33 heavy (non-hydrogen) atoms. The SMILES string of the molecule is Cc1ccc(-n2c(C)cc(C(=O)CN3CCN(c4ncnc5c4cnn5C)CC3)c2C)cc1. The van der Waals surface area contributed by atoms with Crippen molar-refractivity contribution in [3.63, 3.8) is 0 Å². The number of carbonyl (C=O) groups is 1. The molecule has 0 unspecified atom stereocenters. The Hall–Kier alpha value is -3.52. The third kappa shape index (κ3) is 3.91. The van der Waals surface area contributed by atoms with Crippen LogP contribution in [0.3, 0.4) is 0 Å². The van der Waals surface area contributed by atoms with Crippen molar-refractivity contribution in [3.8, 4) is 5.69 Å². The van der Waals surface area contributed by atoms with Crippen molar-refractivity contribution in [3.05, 3.63) is 65.4 Å². The van der Waals surface area contributed by atoms with Crippen LogP contribution in [-0.2, 0) is 7.05 Å². The first-order valence-electron chi connectivity index (χ1n) is 11.3. The van der Waals surface area contributed by atoms with Crippen molar-refractivity contribution in [1.82, 2.24) is 29.2 Å². The first kappa shape index (κ1) is 21.3. The molecular weight excluding hydrogens is 414 g/mol. The van der Waals surface area contributed by atoms with Crippen LogP contribution >= 0.6 is 0 Å². The van der Waals surface area contributed by atoms with E-state index in [1.807, 2.05) is 26.2 Å². The zero-order valence-electron chi connectivity index (χ0n) is 19.6. The highest BCUT2D eigenvalue weighted by Gasteiger charge is 2.24. The molecule has 0 radical (unpaired) electrons. The number of rotatable bonds is 5. The molecule has 8 nitrogen and oxygen atoms in total. The number of fused-ring (bicyclic) bond motifs is 1. The highest BCUT2D eigenvalue weighted by molar-refractivity contribution is 5.99. The lowest BCUT2D eigenvalue weighted by molar-refractivity contribution is 0.0925. The molecule has 0 atom stereocenters. The lowest BCUT2D eigenvalue weighted by Crippen LogP contribution is -2.48. The average molecular weight is 444 g/mol. The number of anilines is 1. The van der Waals surface area contributed by atoms with E-state index in [-0.39, 0.29) is 5.78 Å². The second-order valence-corrected chi connectivity index (χ2v) is 8.84. The molecule has 0 spiro atoms. The highest BCUT2D eigenvalue weighted by atomic mass is 16.1. The Morgan fingerprint density at radius 1 is 1.00 bits per heavy atom. The van der Waals surface area contributed by atoms with Gasteiger partial charge in [0.15, 0.2) is 11.4 Å². The van der Waals surface area contributed by atoms with Crippen LogP contribution in [0, 0.1) is 20.8 Å². The van der Waals surface area contributed by atoms with Gasteiger partial charge in [0, 0.05) is 55.9 Å². The first-order valence-corrected chi connectivity index (χ1v) is 11.3. The van der Waals surface area contributed by atoms with Gasteiger partial charge in [0.05, 0.1) is 18.1 Å². The van der Waals surface area contributed by atoms with Crippen LogP contribution in [0.1, 0.15) is 27.3 Å². The van der Waals surface area contributed by atoms with E-state index >= 15 is 0 Å². The number of hydrogen-bond acceptors (Lipinski definition) is 6. The van der Waals surface area contributed by atoms with Crippen LogP contribution in [0.4, 0.5) is 5.82 Å². The van der Waals surface area contributed by atoms with E-state index in [0.717, 1.165) is 65.7 Å². The molecule has 4 heterocycles. The lowest BCUT2D eigenvalue weighted by Gasteiger charge is -2.35. The number of nitrogens with zero attached hydrogens (tertiary/aromatic N) is 7. The molecule has 1 fully saturated rings. The minimum absolute atomic E-state index is 0.173. The summed E-state index contributed by atoms with van der Waals surface area (Å²) in [5.41, 5.74) is 6.04. The number of ketones is 1. The third-order valence-corrected chi connectivity index (χ3v) is 6.57. The first-order chi connectivity index (χ1) is 15.9. The molecule has 1 saturated heterocycles. The lowest BCUT2D eigenvalue weighted by atomic mass is 10.1. The van der Waals surface area contributed by atoms with Gasteiger partial charge in [-0.05, 0) is 39.0 Å². The predicted molar refractivity (Wildman–Crippen MR) is 129 cm³/mol. The summed E-state index contributed by atoms with van der Waals surface area (Å²) >= 11 is 0. The van der Waals surface area contributed by atoms with Gasteiger partial charge < -0.3 is 9.47 Å². The van der Waals surface area contributed by atoms with E-state index in [2.05, 4.69) is 67.5 Å². The van der Waals surface area contributed by atoms with Crippen LogP contribution < -0.4 is 4.90 Å². The van der Waals surface area contributed by atoms with Gasteiger partial charge in [-0.15, -0.1) is 0 Å². The maximum atomic E-state index is 13.2. The minimum atomic E-state index is 0.173.